The molecule has 1 unspecified atom stereocenters. The molecule has 1 aliphatic heterocycles. The normalized spacial score (nSPS) is 17.2. The van der Waals surface area contributed by atoms with Crippen LogP contribution in [0.25, 0.3) is 5.76 Å². The molecule has 198 valence electrons. The van der Waals surface area contributed by atoms with Crippen molar-refractivity contribution in [3.8, 4) is 11.5 Å². The SMILES string of the molecule is COc1cccc(C2/C(=C(/O)c3cccc(OCC(C)C)c3)C(=O)C(=O)N2c2ccc(C(C)(C)C)cc2)c1. The maximum Gasteiger partial charge on any atom is 0.300 e. The molecule has 6 heteroatoms. The van der Waals surface area contributed by atoms with Crippen molar-refractivity contribution in [1.82, 2.24) is 0 Å². The van der Waals surface area contributed by atoms with Crippen LogP contribution in [0.2, 0.25) is 0 Å². The number of anilines is 1. The lowest BCUT2D eigenvalue weighted by molar-refractivity contribution is -0.132. The molecular formula is C32H35NO5. The summed E-state index contributed by atoms with van der Waals surface area (Å²) in [6.45, 7) is 11.0. The highest BCUT2D eigenvalue weighted by Gasteiger charge is 2.47. The van der Waals surface area contributed by atoms with E-state index in [1.807, 2.05) is 44.2 Å². The van der Waals surface area contributed by atoms with Crippen LogP contribution in [-0.4, -0.2) is 30.5 Å². The molecule has 1 saturated heterocycles. The summed E-state index contributed by atoms with van der Waals surface area (Å²) in [7, 11) is 1.56. The minimum atomic E-state index is -0.842. The van der Waals surface area contributed by atoms with E-state index in [4.69, 9.17) is 9.47 Å². The average Bonchev–Trinajstić information content (AvgIpc) is 3.17. The van der Waals surface area contributed by atoms with Gasteiger partial charge in [0.25, 0.3) is 11.7 Å². The number of nitrogens with zero attached hydrogens (tertiary/aromatic N) is 1. The van der Waals surface area contributed by atoms with Gasteiger partial charge in [0.1, 0.15) is 17.3 Å². The monoisotopic (exact) mass is 513 g/mol. The van der Waals surface area contributed by atoms with Gasteiger partial charge in [0.2, 0.25) is 0 Å². The number of Topliss-reactive ketones (excluding diaryl/α,β-unsaturated/α-hetero) is 1. The summed E-state index contributed by atoms with van der Waals surface area (Å²) < 4.78 is 11.2. The topological polar surface area (TPSA) is 76.1 Å². The van der Waals surface area contributed by atoms with Crippen molar-refractivity contribution in [2.24, 2.45) is 5.92 Å². The summed E-state index contributed by atoms with van der Waals surface area (Å²) in [5, 5.41) is 11.5. The molecular weight excluding hydrogens is 478 g/mol. The minimum absolute atomic E-state index is 0.0177. The van der Waals surface area contributed by atoms with Gasteiger partial charge in [-0.05, 0) is 58.9 Å². The lowest BCUT2D eigenvalue weighted by atomic mass is 9.87. The molecule has 1 heterocycles. The Hall–Kier alpha value is -4.06. The van der Waals surface area contributed by atoms with Gasteiger partial charge in [-0.15, -0.1) is 0 Å². The van der Waals surface area contributed by atoms with E-state index in [-0.39, 0.29) is 16.7 Å². The highest BCUT2D eigenvalue weighted by atomic mass is 16.5. The zero-order chi connectivity index (χ0) is 27.6. The predicted molar refractivity (Wildman–Crippen MR) is 150 cm³/mol. The molecule has 0 bridgehead atoms. The van der Waals surface area contributed by atoms with Crippen LogP contribution < -0.4 is 14.4 Å². The Morgan fingerprint density at radius 1 is 0.947 bits per heavy atom. The molecule has 3 aromatic rings. The quantitative estimate of drug-likeness (QED) is 0.217. The molecule has 1 N–H and O–H groups in total. The van der Waals surface area contributed by atoms with Crippen molar-refractivity contribution in [3.63, 3.8) is 0 Å². The molecule has 0 saturated carbocycles. The molecule has 0 aromatic heterocycles. The second-order valence-electron chi connectivity index (χ2n) is 11.0. The summed E-state index contributed by atoms with van der Waals surface area (Å²) in [5.41, 5.74) is 2.68. The van der Waals surface area contributed by atoms with Gasteiger partial charge in [-0.3, -0.25) is 14.5 Å². The number of aliphatic hydroxyl groups excluding tert-OH is 1. The van der Waals surface area contributed by atoms with Crippen molar-refractivity contribution in [2.45, 2.75) is 46.1 Å². The highest BCUT2D eigenvalue weighted by Crippen LogP contribution is 2.43. The number of methoxy groups -OCH3 is 1. The lowest BCUT2D eigenvalue weighted by Gasteiger charge is -2.27. The second-order valence-corrected chi connectivity index (χ2v) is 11.0. The van der Waals surface area contributed by atoms with Crippen LogP contribution in [0.4, 0.5) is 5.69 Å². The standard InChI is InChI=1S/C32H35NO5/c1-20(2)19-38-26-12-8-10-22(18-26)29(34)27-28(21-9-7-11-25(17-21)37-6)33(31(36)30(27)35)24-15-13-23(14-16-24)32(3,4)5/h7-18,20,28,34H,19H2,1-6H3/b29-27-. The van der Waals surface area contributed by atoms with Gasteiger partial charge in [-0.25, -0.2) is 0 Å². The van der Waals surface area contributed by atoms with E-state index in [1.54, 1.807) is 49.6 Å². The van der Waals surface area contributed by atoms with E-state index in [9.17, 15) is 14.7 Å². The molecule has 3 aromatic carbocycles. The third kappa shape index (κ3) is 5.44. The molecule has 1 atom stereocenters. The molecule has 6 nitrogen and oxygen atoms in total. The third-order valence-corrected chi connectivity index (χ3v) is 6.56. The summed E-state index contributed by atoms with van der Waals surface area (Å²) >= 11 is 0. The number of carbonyl (C=O) groups is 2. The number of ether oxygens (including phenoxy) is 2. The summed E-state index contributed by atoms with van der Waals surface area (Å²) in [6.07, 6.45) is 0. The van der Waals surface area contributed by atoms with Crippen LogP contribution in [0.3, 0.4) is 0 Å². The largest absolute Gasteiger partial charge is 0.507 e. The van der Waals surface area contributed by atoms with E-state index in [1.165, 1.54) is 4.90 Å². The molecule has 1 amide bonds. The molecule has 1 aliphatic rings. The van der Waals surface area contributed by atoms with Gasteiger partial charge in [-0.2, -0.15) is 0 Å². The van der Waals surface area contributed by atoms with Crippen LogP contribution in [0.1, 0.15) is 57.4 Å². The number of benzene rings is 3. The second kappa shape index (κ2) is 10.7. The van der Waals surface area contributed by atoms with Crippen molar-refractivity contribution >= 4 is 23.1 Å². The first kappa shape index (κ1) is 27.0. The predicted octanol–water partition coefficient (Wildman–Crippen LogP) is 6.65. The van der Waals surface area contributed by atoms with Gasteiger partial charge in [0, 0.05) is 11.3 Å². The third-order valence-electron chi connectivity index (χ3n) is 6.56. The van der Waals surface area contributed by atoms with Gasteiger partial charge in [0.15, 0.2) is 0 Å². The van der Waals surface area contributed by atoms with Crippen molar-refractivity contribution < 1.29 is 24.2 Å². The Labute approximate surface area is 224 Å². The molecule has 0 spiro atoms. The summed E-state index contributed by atoms with van der Waals surface area (Å²) in [5.74, 6) is -0.206. The highest BCUT2D eigenvalue weighted by molar-refractivity contribution is 6.51. The zero-order valence-electron chi connectivity index (χ0n) is 22.8. The fourth-order valence-corrected chi connectivity index (χ4v) is 4.50. The van der Waals surface area contributed by atoms with E-state index in [0.29, 0.717) is 40.8 Å². The van der Waals surface area contributed by atoms with Crippen LogP contribution in [0.15, 0.2) is 78.4 Å². The first-order chi connectivity index (χ1) is 18.0. The van der Waals surface area contributed by atoms with Crippen molar-refractivity contribution in [1.29, 1.82) is 0 Å². The summed E-state index contributed by atoms with van der Waals surface area (Å²) in [4.78, 5) is 28.4. The van der Waals surface area contributed by atoms with E-state index in [2.05, 4.69) is 20.8 Å². The first-order valence-electron chi connectivity index (χ1n) is 12.8. The fourth-order valence-electron chi connectivity index (χ4n) is 4.50. The Morgan fingerprint density at radius 3 is 2.24 bits per heavy atom. The number of amides is 1. The smallest absolute Gasteiger partial charge is 0.300 e. The van der Waals surface area contributed by atoms with E-state index >= 15 is 0 Å². The maximum atomic E-state index is 13.5. The number of rotatable bonds is 7. The number of carbonyl (C=O) groups excluding carboxylic acids is 2. The number of ketones is 1. The first-order valence-corrected chi connectivity index (χ1v) is 12.8. The van der Waals surface area contributed by atoms with Gasteiger partial charge in [-0.1, -0.05) is 71.0 Å². The Kier molecular flexibility index (Phi) is 7.63. The average molecular weight is 514 g/mol. The fraction of sp³-hybridized carbons (Fsp3) is 0.312. The van der Waals surface area contributed by atoms with Crippen LogP contribution in [-0.2, 0) is 15.0 Å². The van der Waals surface area contributed by atoms with Crippen LogP contribution in [0.5, 0.6) is 11.5 Å². The summed E-state index contributed by atoms with van der Waals surface area (Å²) in [6, 6.07) is 20.9. The molecule has 38 heavy (non-hydrogen) atoms. The molecule has 0 radical (unpaired) electrons. The zero-order valence-corrected chi connectivity index (χ0v) is 22.8. The number of hydrogen-bond donors (Lipinski definition) is 1. The van der Waals surface area contributed by atoms with Gasteiger partial charge in [0.05, 0.1) is 25.3 Å². The van der Waals surface area contributed by atoms with Crippen LogP contribution >= 0.6 is 0 Å². The number of hydrogen-bond acceptors (Lipinski definition) is 5. The van der Waals surface area contributed by atoms with E-state index in [0.717, 1.165) is 5.56 Å². The molecule has 0 aliphatic carbocycles. The maximum absolute atomic E-state index is 13.5. The van der Waals surface area contributed by atoms with Crippen molar-refractivity contribution in [3.05, 3.63) is 95.1 Å². The Morgan fingerprint density at radius 2 is 1.61 bits per heavy atom. The molecule has 1 fully saturated rings. The number of aliphatic hydroxyl groups is 1. The Balaban J connectivity index is 1.86. The minimum Gasteiger partial charge on any atom is -0.507 e. The van der Waals surface area contributed by atoms with Crippen molar-refractivity contribution in [2.75, 3.05) is 18.6 Å². The van der Waals surface area contributed by atoms with Gasteiger partial charge >= 0.3 is 0 Å². The van der Waals surface area contributed by atoms with Crippen LogP contribution in [0, 0.1) is 5.92 Å². The Bertz CT molecular complexity index is 1370. The lowest BCUT2D eigenvalue weighted by Crippen LogP contribution is -2.29. The molecule has 4 rings (SSSR count). The van der Waals surface area contributed by atoms with E-state index < -0.39 is 17.7 Å². The van der Waals surface area contributed by atoms with Gasteiger partial charge < -0.3 is 14.6 Å².